The van der Waals surface area contributed by atoms with Crippen LogP contribution < -0.4 is 4.74 Å². The Morgan fingerprint density at radius 2 is 1.12 bits per heavy atom. The van der Waals surface area contributed by atoms with Crippen LogP contribution in [0.15, 0.2) is 6.07 Å². The molecule has 1 heteroatoms. The number of hydrogen-bond donors (Lipinski definition) is 0. The lowest BCUT2D eigenvalue weighted by Gasteiger charge is -2.25. The summed E-state index contributed by atoms with van der Waals surface area (Å²) in [5.74, 6) is 1.15. The highest BCUT2D eigenvalue weighted by Crippen LogP contribution is 2.41. The summed E-state index contributed by atoms with van der Waals surface area (Å²) in [4.78, 5) is 0. The second kappa shape index (κ2) is 8.74. The number of rotatable bonds is 8. The topological polar surface area (TPSA) is 9.23 Å². The molecule has 0 aliphatic heterocycles. The molecule has 138 valence electrons. The molecule has 2 aromatic carbocycles. The van der Waals surface area contributed by atoms with Crippen molar-refractivity contribution in [1.82, 2.24) is 0 Å². The molecule has 0 fully saturated rings. The first-order valence-corrected chi connectivity index (χ1v) is 10.4. The van der Waals surface area contributed by atoms with Crippen molar-refractivity contribution in [2.75, 3.05) is 6.61 Å². The van der Waals surface area contributed by atoms with Crippen LogP contribution in [0.4, 0.5) is 0 Å². The summed E-state index contributed by atoms with van der Waals surface area (Å²) >= 11 is 0. The van der Waals surface area contributed by atoms with Crippen LogP contribution in [0.5, 0.6) is 5.75 Å². The molecule has 0 heterocycles. The molecule has 25 heavy (non-hydrogen) atoms. The lowest BCUT2D eigenvalue weighted by Crippen LogP contribution is -2.09. The minimum Gasteiger partial charge on any atom is -0.493 e. The minimum atomic E-state index is 0.731. The molecular weight excluding hydrogens is 304 g/mol. The summed E-state index contributed by atoms with van der Waals surface area (Å²) in [7, 11) is 0. The van der Waals surface area contributed by atoms with E-state index in [4.69, 9.17) is 4.74 Å². The zero-order valence-corrected chi connectivity index (χ0v) is 17.4. The Labute approximate surface area is 154 Å². The van der Waals surface area contributed by atoms with Gasteiger partial charge in [0.1, 0.15) is 5.75 Å². The van der Waals surface area contributed by atoms with Gasteiger partial charge in [0.2, 0.25) is 0 Å². The van der Waals surface area contributed by atoms with Crippen molar-refractivity contribution in [2.45, 2.75) is 87.0 Å². The van der Waals surface area contributed by atoms with E-state index in [1.165, 1.54) is 27.5 Å². The SMILES string of the molecule is CCOc1c(CC)c(CC)c(CC)c2c(CC)c(CC)c(CC)cc12. The van der Waals surface area contributed by atoms with Gasteiger partial charge in [0.05, 0.1) is 6.61 Å². The second-order valence-corrected chi connectivity index (χ2v) is 6.73. The highest BCUT2D eigenvalue weighted by atomic mass is 16.5. The van der Waals surface area contributed by atoms with Crippen LogP contribution in [-0.4, -0.2) is 6.61 Å². The minimum absolute atomic E-state index is 0.731. The van der Waals surface area contributed by atoms with Crippen molar-refractivity contribution in [3.63, 3.8) is 0 Å². The van der Waals surface area contributed by atoms with E-state index in [1.807, 2.05) is 0 Å². The fourth-order valence-corrected chi connectivity index (χ4v) is 4.64. The fraction of sp³-hybridized carbons (Fsp3) is 0.583. The predicted octanol–water partition coefficient (Wildman–Crippen LogP) is 6.61. The highest BCUT2D eigenvalue weighted by Gasteiger charge is 2.22. The average molecular weight is 341 g/mol. The van der Waals surface area contributed by atoms with Gasteiger partial charge < -0.3 is 4.74 Å². The molecule has 0 aliphatic rings. The van der Waals surface area contributed by atoms with E-state index in [1.54, 1.807) is 16.7 Å². The Balaban J connectivity index is 3.12. The number of fused-ring (bicyclic) bond motifs is 1. The highest BCUT2D eigenvalue weighted by molar-refractivity contribution is 5.97. The van der Waals surface area contributed by atoms with Gasteiger partial charge in [0, 0.05) is 5.39 Å². The molecule has 0 amide bonds. The quantitative estimate of drug-likeness (QED) is 0.525. The van der Waals surface area contributed by atoms with Crippen LogP contribution in [0.1, 0.15) is 81.8 Å². The van der Waals surface area contributed by atoms with Gasteiger partial charge in [-0.25, -0.2) is 0 Å². The number of hydrogen-bond acceptors (Lipinski definition) is 1. The van der Waals surface area contributed by atoms with Crippen LogP contribution in [0, 0.1) is 0 Å². The summed E-state index contributed by atoms with van der Waals surface area (Å²) in [6.45, 7) is 16.6. The van der Waals surface area contributed by atoms with Gasteiger partial charge in [-0.2, -0.15) is 0 Å². The summed E-state index contributed by atoms with van der Waals surface area (Å²) in [6, 6.07) is 2.44. The van der Waals surface area contributed by atoms with Crippen molar-refractivity contribution < 1.29 is 4.74 Å². The molecule has 0 radical (unpaired) electrons. The number of aryl methyl sites for hydroxylation is 3. The summed E-state index contributed by atoms with van der Waals surface area (Å²) in [6.07, 6.45) is 6.53. The molecule has 0 bridgehead atoms. The molecule has 1 nitrogen and oxygen atoms in total. The molecule has 0 N–H and O–H groups in total. The summed E-state index contributed by atoms with van der Waals surface area (Å²) < 4.78 is 6.26. The Hall–Kier alpha value is -1.50. The van der Waals surface area contributed by atoms with Crippen molar-refractivity contribution in [1.29, 1.82) is 0 Å². The molecule has 0 spiro atoms. The molecular formula is C24H36O. The number of ether oxygens (including phenoxy) is 1. The van der Waals surface area contributed by atoms with Crippen LogP contribution in [0.25, 0.3) is 10.8 Å². The van der Waals surface area contributed by atoms with Crippen LogP contribution in [-0.2, 0) is 38.5 Å². The van der Waals surface area contributed by atoms with Gasteiger partial charge in [-0.3, -0.25) is 0 Å². The molecule has 0 saturated heterocycles. The molecule has 0 atom stereocenters. The third kappa shape index (κ3) is 3.30. The smallest absolute Gasteiger partial charge is 0.130 e. The zero-order chi connectivity index (χ0) is 18.6. The van der Waals surface area contributed by atoms with Crippen molar-refractivity contribution in [2.24, 2.45) is 0 Å². The second-order valence-electron chi connectivity index (χ2n) is 6.73. The average Bonchev–Trinajstić information content (AvgIpc) is 2.65. The normalized spacial score (nSPS) is 11.3. The van der Waals surface area contributed by atoms with E-state index in [9.17, 15) is 0 Å². The van der Waals surface area contributed by atoms with Crippen molar-refractivity contribution in [3.05, 3.63) is 39.4 Å². The van der Waals surface area contributed by atoms with Gasteiger partial charge in [-0.1, -0.05) is 41.5 Å². The Morgan fingerprint density at radius 1 is 0.600 bits per heavy atom. The van der Waals surface area contributed by atoms with Crippen LogP contribution in [0.2, 0.25) is 0 Å². The van der Waals surface area contributed by atoms with E-state index in [0.29, 0.717) is 0 Å². The first-order chi connectivity index (χ1) is 12.1. The van der Waals surface area contributed by atoms with E-state index in [2.05, 4.69) is 54.5 Å². The third-order valence-corrected chi connectivity index (χ3v) is 5.63. The van der Waals surface area contributed by atoms with Crippen LogP contribution >= 0.6 is 0 Å². The lowest BCUT2D eigenvalue weighted by atomic mass is 9.82. The molecule has 2 aromatic rings. The molecule has 0 unspecified atom stereocenters. The third-order valence-electron chi connectivity index (χ3n) is 5.63. The Bertz CT molecular complexity index is 730. The van der Waals surface area contributed by atoms with Crippen molar-refractivity contribution >= 4 is 10.8 Å². The van der Waals surface area contributed by atoms with E-state index in [0.717, 1.165) is 50.9 Å². The summed E-state index contributed by atoms with van der Waals surface area (Å²) in [5.41, 5.74) is 9.16. The first-order valence-electron chi connectivity index (χ1n) is 10.4. The molecule has 2 rings (SSSR count). The van der Waals surface area contributed by atoms with E-state index >= 15 is 0 Å². The number of benzene rings is 2. The molecule has 0 aliphatic carbocycles. The molecule has 0 saturated carbocycles. The summed E-state index contributed by atoms with van der Waals surface area (Å²) in [5, 5.41) is 2.86. The Morgan fingerprint density at radius 3 is 1.56 bits per heavy atom. The maximum absolute atomic E-state index is 6.26. The van der Waals surface area contributed by atoms with E-state index < -0.39 is 0 Å². The van der Waals surface area contributed by atoms with Gasteiger partial charge in [-0.05, 0) is 90.3 Å². The van der Waals surface area contributed by atoms with Crippen molar-refractivity contribution in [3.8, 4) is 5.75 Å². The maximum atomic E-state index is 6.26. The van der Waals surface area contributed by atoms with Gasteiger partial charge in [0.25, 0.3) is 0 Å². The zero-order valence-electron chi connectivity index (χ0n) is 17.4. The predicted molar refractivity (Wildman–Crippen MR) is 111 cm³/mol. The largest absolute Gasteiger partial charge is 0.493 e. The maximum Gasteiger partial charge on any atom is 0.130 e. The van der Waals surface area contributed by atoms with Gasteiger partial charge in [0.15, 0.2) is 0 Å². The first kappa shape index (κ1) is 19.8. The van der Waals surface area contributed by atoms with Crippen LogP contribution in [0.3, 0.4) is 0 Å². The van der Waals surface area contributed by atoms with Gasteiger partial charge in [-0.15, -0.1) is 0 Å². The van der Waals surface area contributed by atoms with E-state index in [-0.39, 0.29) is 0 Å². The van der Waals surface area contributed by atoms with Gasteiger partial charge >= 0.3 is 0 Å². The standard InChI is InChI=1S/C24H36O/c1-8-16-15-22-23(19(11-4)17(16)9-2)20(12-5)18(10-3)21(13-6)24(22)25-14-7/h15H,8-14H2,1-7H3. The fourth-order valence-electron chi connectivity index (χ4n) is 4.64. The lowest BCUT2D eigenvalue weighted by molar-refractivity contribution is 0.340. The Kier molecular flexibility index (Phi) is 6.93. The monoisotopic (exact) mass is 340 g/mol. The molecule has 0 aromatic heterocycles.